The Morgan fingerprint density at radius 1 is 1.43 bits per heavy atom. The van der Waals surface area contributed by atoms with Crippen LogP contribution in [0.15, 0.2) is 0 Å². The molecule has 1 aromatic rings. The van der Waals surface area contributed by atoms with Crippen molar-refractivity contribution in [3.63, 3.8) is 0 Å². The first-order valence-electron chi connectivity index (χ1n) is 7.62. The van der Waals surface area contributed by atoms with Crippen LogP contribution in [-0.2, 0) is 0 Å². The van der Waals surface area contributed by atoms with Gasteiger partial charge in [-0.15, -0.1) is 11.3 Å². The molecule has 0 saturated heterocycles. The normalized spacial score (nSPS) is 24.0. The van der Waals surface area contributed by atoms with Crippen LogP contribution in [-0.4, -0.2) is 24.1 Å². The van der Waals surface area contributed by atoms with Crippen LogP contribution in [0.5, 0.6) is 5.75 Å². The minimum absolute atomic E-state index is 0.0263. The number of rotatable bonds is 6. The number of nitrogens with one attached hydrogen (secondary N) is 2. The van der Waals surface area contributed by atoms with Crippen molar-refractivity contribution < 1.29 is 9.53 Å². The average molecular weight is 309 g/mol. The lowest BCUT2D eigenvalue weighted by atomic mass is 10.3. The van der Waals surface area contributed by atoms with Crippen molar-refractivity contribution in [1.82, 2.24) is 5.32 Å². The van der Waals surface area contributed by atoms with Crippen molar-refractivity contribution in [1.29, 1.82) is 0 Å². The van der Waals surface area contributed by atoms with E-state index in [0.717, 1.165) is 24.3 Å². The van der Waals surface area contributed by atoms with E-state index < -0.39 is 0 Å². The number of hydrogen-bond acceptors (Lipinski definition) is 5. The summed E-state index contributed by atoms with van der Waals surface area (Å²) in [6, 6.07) is 0.797. The minimum Gasteiger partial charge on any atom is -0.486 e. The summed E-state index contributed by atoms with van der Waals surface area (Å²) < 4.78 is 5.83. The van der Waals surface area contributed by atoms with E-state index in [1.807, 2.05) is 13.8 Å². The first kappa shape index (κ1) is 14.5. The fraction of sp³-hybridized carbons (Fsp3) is 0.667. The zero-order chi connectivity index (χ0) is 15.1. The molecular weight excluding hydrogens is 286 g/mol. The number of ether oxygens (including phenoxy) is 1. The Morgan fingerprint density at radius 2 is 2.10 bits per heavy atom. The zero-order valence-corrected chi connectivity index (χ0v) is 13.5. The van der Waals surface area contributed by atoms with Crippen LogP contribution in [0.1, 0.15) is 49.7 Å². The average Bonchev–Trinajstić information content (AvgIpc) is 3.30. The van der Waals surface area contributed by atoms with Gasteiger partial charge >= 0.3 is 0 Å². The topological polar surface area (TPSA) is 76.4 Å². The highest BCUT2D eigenvalue weighted by Gasteiger charge is 2.35. The van der Waals surface area contributed by atoms with Gasteiger partial charge in [-0.05, 0) is 39.0 Å². The smallest absolute Gasteiger partial charge is 0.263 e. The molecule has 1 aromatic heterocycles. The Labute approximate surface area is 129 Å². The molecule has 2 aliphatic rings. The van der Waals surface area contributed by atoms with Crippen LogP contribution >= 0.6 is 11.3 Å². The number of nitrogen functional groups attached to an aromatic ring is 1. The van der Waals surface area contributed by atoms with Crippen molar-refractivity contribution in [2.45, 2.75) is 58.2 Å². The largest absolute Gasteiger partial charge is 0.486 e. The molecule has 6 heteroatoms. The Morgan fingerprint density at radius 3 is 2.62 bits per heavy atom. The summed E-state index contributed by atoms with van der Waals surface area (Å²) in [6.07, 6.45) is 3.31. The fourth-order valence-corrected chi connectivity index (χ4v) is 3.23. The molecule has 5 nitrogen and oxygen atoms in total. The van der Waals surface area contributed by atoms with Crippen molar-refractivity contribution >= 4 is 27.9 Å². The van der Waals surface area contributed by atoms with Gasteiger partial charge in [0.1, 0.15) is 15.6 Å². The molecule has 0 spiro atoms. The molecule has 0 radical (unpaired) electrons. The Balaban J connectivity index is 1.83. The van der Waals surface area contributed by atoms with Crippen LogP contribution in [0.25, 0.3) is 0 Å². The van der Waals surface area contributed by atoms with Crippen LogP contribution in [0.4, 0.5) is 10.7 Å². The van der Waals surface area contributed by atoms with Crippen molar-refractivity contribution in [3.8, 4) is 5.75 Å². The van der Waals surface area contributed by atoms with Crippen LogP contribution in [0, 0.1) is 5.92 Å². The monoisotopic (exact) mass is 309 g/mol. The number of hydrogen-bond donors (Lipinski definition) is 3. The summed E-state index contributed by atoms with van der Waals surface area (Å²) in [6.45, 7) is 6.13. The lowest BCUT2D eigenvalue weighted by Gasteiger charge is -2.12. The van der Waals surface area contributed by atoms with Gasteiger partial charge in [0.25, 0.3) is 5.91 Å². The number of carbonyl (C=O) groups excluding carboxylic acids is 1. The first-order chi connectivity index (χ1) is 9.95. The van der Waals surface area contributed by atoms with Gasteiger partial charge in [0.15, 0.2) is 5.75 Å². The van der Waals surface area contributed by atoms with Gasteiger partial charge in [-0.25, -0.2) is 0 Å². The van der Waals surface area contributed by atoms with Crippen LogP contribution in [0.2, 0.25) is 0 Å². The maximum Gasteiger partial charge on any atom is 0.263 e. The summed E-state index contributed by atoms with van der Waals surface area (Å²) >= 11 is 1.40. The SMILES string of the molecule is CC(C)Oc1c(NC2CC2C)sc(C(=O)NC2CC2)c1N. The molecule has 0 aliphatic heterocycles. The van der Waals surface area contributed by atoms with Gasteiger partial charge in [-0.1, -0.05) is 6.92 Å². The Kier molecular flexibility index (Phi) is 3.73. The first-order valence-corrected chi connectivity index (χ1v) is 8.43. The van der Waals surface area contributed by atoms with Gasteiger partial charge in [-0.3, -0.25) is 4.79 Å². The minimum atomic E-state index is -0.0782. The molecule has 116 valence electrons. The molecule has 4 N–H and O–H groups in total. The Bertz CT molecular complexity index is 551. The number of anilines is 2. The van der Waals surface area contributed by atoms with Crippen LogP contribution in [0.3, 0.4) is 0 Å². The quantitative estimate of drug-likeness (QED) is 0.755. The molecule has 0 bridgehead atoms. The summed E-state index contributed by atoms with van der Waals surface area (Å²) in [4.78, 5) is 12.8. The standard InChI is InChI=1S/C15H23N3O2S/c1-7(2)20-12-11(16)13(14(19)17-9-4-5-9)21-15(12)18-10-6-8(10)3/h7-10,18H,4-6,16H2,1-3H3,(H,17,19). The molecule has 2 fully saturated rings. The van der Waals surface area contributed by atoms with E-state index in [9.17, 15) is 4.79 Å². The second-order valence-electron chi connectivity index (χ2n) is 6.38. The summed E-state index contributed by atoms with van der Waals surface area (Å²) in [5, 5.41) is 7.33. The third-order valence-electron chi connectivity index (χ3n) is 3.80. The number of thiophene rings is 1. The van der Waals surface area contributed by atoms with Crippen LogP contribution < -0.4 is 21.1 Å². The molecular formula is C15H23N3O2S. The second-order valence-corrected chi connectivity index (χ2v) is 7.40. The molecule has 0 aromatic carbocycles. The third-order valence-corrected chi connectivity index (χ3v) is 4.91. The molecule has 3 rings (SSSR count). The number of nitrogens with two attached hydrogens (primary N) is 1. The van der Waals surface area contributed by atoms with E-state index in [1.54, 1.807) is 0 Å². The van der Waals surface area contributed by atoms with Gasteiger partial charge in [0.2, 0.25) is 0 Å². The molecule has 2 saturated carbocycles. The van der Waals surface area contributed by atoms with Crippen molar-refractivity contribution in [3.05, 3.63) is 4.88 Å². The highest BCUT2D eigenvalue weighted by molar-refractivity contribution is 7.19. The predicted molar refractivity (Wildman–Crippen MR) is 86.2 cm³/mol. The Hall–Kier alpha value is -1.43. The number of amides is 1. The van der Waals surface area contributed by atoms with E-state index >= 15 is 0 Å². The van der Waals surface area contributed by atoms with Gasteiger partial charge < -0.3 is 21.1 Å². The maximum atomic E-state index is 12.3. The summed E-state index contributed by atoms with van der Waals surface area (Å²) in [5.74, 6) is 1.23. The third kappa shape index (κ3) is 3.26. The van der Waals surface area contributed by atoms with Gasteiger partial charge in [0.05, 0.1) is 6.10 Å². The van der Waals surface area contributed by atoms with Gasteiger partial charge in [0, 0.05) is 12.1 Å². The molecule has 1 amide bonds. The number of carbonyl (C=O) groups is 1. The predicted octanol–water partition coefficient (Wildman–Crippen LogP) is 2.83. The fourth-order valence-electron chi connectivity index (χ4n) is 2.22. The lowest BCUT2D eigenvalue weighted by molar-refractivity contribution is 0.0955. The van der Waals surface area contributed by atoms with Crippen molar-refractivity contribution in [2.24, 2.45) is 5.92 Å². The van der Waals surface area contributed by atoms with E-state index in [2.05, 4.69) is 17.6 Å². The molecule has 2 aliphatic carbocycles. The van der Waals surface area contributed by atoms with Gasteiger partial charge in [-0.2, -0.15) is 0 Å². The zero-order valence-electron chi connectivity index (χ0n) is 12.7. The summed E-state index contributed by atoms with van der Waals surface area (Å²) in [7, 11) is 0. The molecule has 21 heavy (non-hydrogen) atoms. The van der Waals surface area contributed by atoms with E-state index in [4.69, 9.17) is 10.5 Å². The van der Waals surface area contributed by atoms with E-state index in [-0.39, 0.29) is 12.0 Å². The second kappa shape index (κ2) is 5.40. The molecule has 1 heterocycles. The molecule has 2 atom stereocenters. The van der Waals surface area contributed by atoms with E-state index in [0.29, 0.717) is 34.3 Å². The highest BCUT2D eigenvalue weighted by Crippen LogP contribution is 2.46. The molecule has 2 unspecified atom stereocenters. The van der Waals surface area contributed by atoms with Crippen molar-refractivity contribution in [2.75, 3.05) is 11.1 Å². The lowest BCUT2D eigenvalue weighted by Crippen LogP contribution is -2.25. The highest BCUT2D eigenvalue weighted by atomic mass is 32.1. The maximum absolute atomic E-state index is 12.3. The van der Waals surface area contributed by atoms with E-state index in [1.165, 1.54) is 11.3 Å². The summed E-state index contributed by atoms with van der Waals surface area (Å²) in [5.41, 5.74) is 6.63.